The molecule has 2 amide bonds. The standard InChI is InChI=1S/C17H15FN2O6S/c18-12-2-4-13(5-3-12)27(23,24)8-7-16(21)19-20-17(22)11-1-6-14-15(9-11)26-10-25-14/h1-6,9H,7-8,10H2,(H,19,21)(H,20,22). The van der Waals surface area contributed by atoms with Gasteiger partial charge in [-0.25, -0.2) is 12.8 Å². The number of sulfone groups is 1. The van der Waals surface area contributed by atoms with Gasteiger partial charge < -0.3 is 9.47 Å². The Balaban J connectivity index is 1.50. The lowest BCUT2D eigenvalue weighted by Crippen LogP contribution is -2.42. The molecule has 142 valence electrons. The van der Waals surface area contributed by atoms with E-state index < -0.39 is 33.2 Å². The molecular formula is C17H15FN2O6S. The van der Waals surface area contributed by atoms with Gasteiger partial charge in [-0.15, -0.1) is 0 Å². The number of ether oxygens (including phenoxy) is 2. The van der Waals surface area contributed by atoms with Gasteiger partial charge in [-0.3, -0.25) is 20.4 Å². The summed E-state index contributed by atoms with van der Waals surface area (Å²) < 4.78 is 47.4. The van der Waals surface area contributed by atoms with Crippen molar-refractivity contribution in [3.8, 4) is 11.5 Å². The molecule has 0 radical (unpaired) electrons. The lowest BCUT2D eigenvalue weighted by molar-refractivity contribution is -0.121. The Labute approximate surface area is 154 Å². The highest BCUT2D eigenvalue weighted by Crippen LogP contribution is 2.32. The van der Waals surface area contributed by atoms with Crippen LogP contribution in [0.4, 0.5) is 4.39 Å². The molecule has 2 aromatic rings. The zero-order valence-corrected chi connectivity index (χ0v) is 14.7. The Hall–Kier alpha value is -3.14. The van der Waals surface area contributed by atoms with Gasteiger partial charge in [0.15, 0.2) is 21.3 Å². The van der Waals surface area contributed by atoms with Crippen LogP contribution in [-0.2, 0) is 14.6 Å². The second-order valence-corrected chi connectivity index (χ2v) is 7.70. The number of nitrogens with one attached hydrogen (secondary N) is 2. The van der Waals surface area contributed by atoms with Crippen LogP contribution in [0.2, 0.25) is 0 Å². The van der Waals surface area contributed by atoms with Crippen molar-refractivity contribution in [1.29, 1.82) is 0 Å². The van der Waals surface area contributed by atoms with E-state index >= 15 is 0 Å². The first kappa shape index (κ1) is 18.6. The number of hydrogen-bond donors (Lipinski definition) is 2. The van der Waals surface area contributed by atoms with Crippen molar-refractivity contribution >= 4 is 21.7 Å². The molecule has 0 fully saturated rings. The van der Waals surface area contributed by atoms with Gasteiger partial charge in [-0.2, -0.15) is 0 Å². The van der Waals surface area contributed by atoms with Crippen molar-refractivity contribution in [2.45, 2.75) is 11.3 Å². The van der Waals surface area contributed by atoms with E-state index in [0.717, 1.165) is 24.3 Å². The predicted molar refractivity (Wildman–Crippen MR) is 91.2 cm³/mol. The van der Waals surface area contributed by atoms with Gasteiger partial charge in [0.05, 0.1) is 10.6 Å². The number of hydrazine groups is 1. The molecule has 0 bridgehead atoms. The quantitative estimate of drug-likeness (QED) is 0.582. The topological polar surface area (TPSA) is 111 Å². The Morgan fingerprint density at radius 2 is 1.70 bits per heavy atom. The molecular weight excluding hydrogens is 379 g/mol. The maximum absolute atomic E-state index is 12.9. The first-order chi connectivity index (χ1) is 12.8. The summed E-state index contributed by atoms with van der Waals surface area (Å²) in [5.41, 5.74) is 4.58. The zero-order valence-electron chi connectivity index (χ0n) is 13.9. The lowest BCUT2D eigenvalue weighted by atomic mass is 10.2. The van der Waals surface area contributed by atoms with Crippen LogP contribution in [0.5, 0.6) is 11.5 Å². The van der Waals surface area contributed by atoms with Gasteiger partial charge in [-0.1, -0.05) is 0 Å². The molecule has 0 unspecified atom stereocenters. The largest absolute Gasteiger partial charge is 0.454 e. The molecule has 8 nitrogen and oxygen atoms in total. The number of rotatable bonds is 5. The first-order valence-corrected chi connectivity index (χ1v) is 9.47. The Bertz CT molecular complexity index is 975. The molecule has 27 heavy (non-hydrogen) atoms. The minimum Gasteiger partial charge on any atom is -0.454 e. The first-order valence-electron chi connectivity index (χ1n) is 7.82. The second kappa shape index (κ2) is 7.62. The van der Waals surface area contributed by atoms with Gasteiger partial charge in [-0.05, 0) is 42.5 Å². The smallest absolute Gasteiger partial charge is 0.269 e. The minimum absolute atomic E-state index is 0.0691. The third kappa shape index (κ3) is 4.53. The lowest BCUT2D eigenvalue weighted by Gasteiger charge is -2.08. The van der Waals surface area contributed by atoms with Gasteiger partial charge >= 0.3 is 0 Å². The summed E-state index contributed by atoms with van der Waals surface area (Å²) in [5, 5.41) is 0. The molecule has 0 saturated heterocycles. The van der Waals surface area contributed by atoms with Crippen LogP contribution in [0.15, 0.2) is 47.4 Å². The highest BCUT2D eigenvalue weighted by Gasteiger charge is 2.18. The van der Waals surface area contributed by atoms with E-state index in [1.807, 2.05) is 0 Å². The van der Waals surface area contributed by atoms with Gasteiger partial charge in [0.25, 0.3) is 5.91 Å². The average Bonchev–Trinajstić information content (AvgIpc) is 3.12. The fourth-order valence-electron chi connectivity index (χ4n) is 2.29. The van der Waals surface area contributed by atoms with E-state index in [2.05, 4.69) is 10.9 Å². The molecule has 0 spiro atoms. The van der Waals surface area contributed by atoms with Gasteiger partial charge in [0.2, 0.25) is 12.7 Å². The molecule has 0 aromatic heterocycles. The number of hydrogen-bond acceptors (Lipinski definition) is 6. The number of amides is 2. The summed E-state index contributed by atoms with van der Waals surface area (Å²) in [4.78, 5) is 23.7. The molecule has 0 atom stereocenters. The normalized spacial score (nSPS) is 12.5. The van der Waals surface area contributed by atoms with Crippen molar-refractivity contribution < 1.29 is 31.9 Å². The monoisotopic (exact) mass is 394 g/mol. The van der Waals surface area contributed by atoms with Crippen LogP contribution >= 0.6 is 0 Å². The molecule has 0 aliphatic carbocycles. The molecule has 1 aliphatic rings. The number of halogens is 1. The van der Waals surface area contributed by atoms with Crippen molar-refractivity contribution in [1.82, 2.24) is 10.9 Å². The highest BCUT2D eigenvalue weighted by atomic mass is 32.2. The van der Waals surface area contributed by atoms with Gasteiger partial charge in [0, 0.05) is 12.0 Å². The van der Waals surface area contributed by atoms with E-state index in [1.165, 1.54) is 12.1 Å². The summed E-state index contributed by atoms with van der Waals surface area (Å²) in [6, 6.07) is 8.83. The van der Waals surface area contributed by atoms with Gasteiger partial charge in [0.1, 0.15) is 5.82 Å². The highest BCUT2D eigenvalue weighted by molar-refractivity contribution is 7.91. The molecule has 2 aromatic carbocycles. The molecule has 3 rings (SSSR count). The molecule has 2 N–H and O–H groups in total. The van der Waals surface area contributed by atoms with E-state index in [1.54, 1.807) is 6.07 Å². The fourth-order valence-corrected chi connectivity index (χ4v) is 3.53. The number of carbonyl (C=O) groups excluding carboxylic acids is 2. The molecule has 10 heteroatoms. The average molecular weight is 394 g/mol. The fraction of sp³-hybridized carbons (Fsp3) is 0.176. The van der Waals surface area contributed by atoms with Crippen LogP contribution in [0, 0.1) is 5.82 Å². The molecule has 0 saturated carbocycles. The molecule has 1 heterocycles. The Morgan fingerprint density at radius 3 is 2.44 bits per heavy atom. The Morgan fingerprint density at radius 1 is 1.00 bits per heavy atom. The van der Waals surface area contributed by atoms with Crippen molar-refractivity contribution in [2.24, 2.45) is 0 Å². The van der Waals surface area contributed by atoms with Crippen LogP contribution in [-0.4, -0.2) is 32.8 Å². The predicted octanol–water partition coefficient (Wildman–Crippen LogP) is 1.18. The summed E-state index contributed by atoms with van der Waals surface area (Å²) >= 11 is 0. The number of benzene rings is 2. The zero-order chi connectivity index (χ0) is 19.4. The van der Waals surface area contributed by atoms with Crippen molar-refractivity contribution in [3.05, 3.63) is 53.8 Å². The van der Waals surface area contributed by atoms with E-state index in [4.69, 9.17) is 9.47 Å². The SMILES string of the molecule is O=C(CCS(=O)(=O)c1ccc(F)cc1)NNC(=O)c1ccc2c(c1)OCO2. The van der Waals surface area contributed by atoms with Crippen molar-refractivity contribution in [3.63, 3.8) is 0 Å². The summed E-state index contributed by atoms with van der Waals surface area (Å²) in [5.74, 6) is -1.39. The van der Waals surface area contributed by atoms with Crippen LogP contribution in [0.25, 0.3) is 0 Å². The van der Waals surface area contributed by atoms with E-state index in [0.29, 0.717) is 11.5 Å². The second-order valence-electron chi connectivity index (χ2n) is 5.59. The van der Waals surface area contributed by atoms with E-state index in [9.17, 15) is 22.4 Å². The maximum Gasteiger partial charge on any atom is 0.269 e. The summed E-state index contributed by atoms with van der Waals surface area (Å²) in [6.45, 7) is 0.0691. The number of carbonyl (C=O) groups is 2. The van der Waals surface area contributed by atoms with E-state index in [-0.39, 0.29) is 23.7 Å². The summed E-state index contributed by atoms with van der Waals surface area (Å²) in [7, 11) is -3.74. The minimum atomic E-state index is -3.74. The third-order valence-electron chi connectivity index (χ3n) is 3.72. The van der Waals surface area contributed by atoms with Crippen LogP contribution in [0.3, 0.4) is 0 Å². The third-order valence-corrected chi connectivity index (χ3v) is 5.45. The maximum atomic E-state index is 12.9. The van der Waals surface area contributed by atoms with Crippen molar-refractivity contribution in [2.75, 3.05) is 12.5 Å². The summed E-state index contributed by atoms with van der Waals surface area (Å²) in [6.07, 6.45) is -0.374. The van der Waals surface area contributed by atoms with Crippen LogP contribution in [0.1, 0.15) is 16.8 Å². The molecule has 1 aliphatic heterocycles. The number of fused-ring (bicyclic) bond motifs is 1. The van der Waals surface area contributed by atoms with Crippen LogP contribution < -0.4 is 20.3 Å². The Kier molecular flexibility index (Phi) is 5.26.